The Balaban J connectivity index is 1.51. The van der Waals surface area contributed by atoms with Crippen molar-refractivity contribution in [1.29, 1.82) is 0 Å². The quantitative estimate of drug-likeness (QED) is 0.228. The third kappa shape index (κ3) is 7.92. The third-order valence-electron chi connectivity index (χ3n) is 5.65. The van der Waals surface area contributed by atoms with Gasteiger partial charge in [-0.15, -0.1) is 0 Å². The second-order valence-corrected chi connectivity index (χ2v) is 8.89. The van der Waals surface area contributed by atoms with E-state index in [9.17, 15) is 14.4 Å². The van der Waals surface area contributed by atoms with Crippen molar-refractivity contribution in [3.63, 3.8) is 0 Å². The summed E-state index contributed by atoms with van der Waals surface area (Å²) in [7, 11) is 1.47. The first kappa shape index (κ1) is 27.9. The number of benzene rings is 3. The molecular weight excluding hydrogens is 484 g/mol. The van der Waals surface area contributed by atoms with Gasteiger partial charge in [0.25, 0.3) is 5.91 Å². The van der Waals surface area contributed by atoms with Gasteiger partial charge in [-0.3, -0.25) is 14.4 Å². The lowest BCUT2D eigenvalue weighted by Gasteiger charge is -2.14. The summed E-state index contributed by atoms with van der Waals surface area (Å²) in [5.74, 6) is -1.22. The average molecular weight is 517 g/mol. The van der Waals surface area contributed by atoms with E-state index in [4.69, 9.17) is 9.47 Å². The van der Waals surface area contributed by atoms with Crippen LogP contribution in [-0.4, -0.2) is 37.7 Å². The molecule has 0 aliphatic rings. The van der Waals surface area contributed by atoms with Gasteiger partial charge in [-0.1, -0.05) is 47.5 Å². The fraction of sp³-hybridized carbons (Fsp3) is 0.241. The lowest BCUT2D eigenvalue weighted by Crippen LogP contribution is -2.37. The monoisotopic (exact) mass is 516 g/mol. The first-order chi connectivity index (χ1) is 18.2. The molecule has 3 amide bonds. The van der Waals surface area contributed by atoms with Gasteiger partial charge in [0.2, 0.25) is 0 Å². The molecule has 198 valence electrons. The van der Waals surface area contributed by atoms with Crippen molar-refractivity contribution in [2.24, 2.45) is 5.10 Å². The number of nitrogens with one attached hydrogen (secondary N) is 3. The largest absolute Gasteiger partial charge is 0.493 e. The number of methoxy groups -OCH3 is 1. The van der Waals surface area contributed by atoms with Crippen LogP contribution in [0, 0.1) is 27.7 Å². The zero-order valence-corrected chi connectivity index (χ0v) is 22.2. The third-order valence-corrected chi connectivity index (χ3v) is 5.65. The minimum Gasteiger partial charge on any atom is -0.493 e. The average Bonchev–Trinajstić information content (AvgIpc) is 2.89. The molecule has 0 saturated heterocycles. The summed E-state index contributed by atoms with van der Waals surface area (Å²) in [5.41, 5.74) is 8.64. The Kier molecular flexibility index (Phi) is 9.59. The highest BCUT2D eigenvalue weighted by Gasteiger charge is 2.13. The predicted octanol–water partition coefficient (Wildman–Crippen LogP) is 3.71. The number of carbonyl (C=O) groups is 3. The molecule has 0 heterocycles. The number of carbonyl (C=O) groups excluding carboxylic acids is 3. The predicted molar refractivity (Wildman–Crippen MR) is 147 cm³/mol. The van der Waals surface area contributed by atoms with Gasteiger partial charge in [0, 0.05) is 12.2 Å². The zero-order valence-electron chi connectivity index (χ0n) is 22.2. The van der Waals surface area contributed by atoms with E-state index in [1.165, 1.54) is 13.3 Å². The van der Waals surface area contributed by atoms with Crippen LogP contribution in [0.5, 0.6) is 11.5 Å². The van der Waals surface area contributed by atoms with Crippen molar-refractivity contribution in [1.82, 2.24) is 10.7 Å². The van der Waals surface area contributed by atoms with Crippen LogP contribution in [0.3, 0.4) is 0 Å². The minimum absolute atomic E-state index is 0.204. The summed E-state index contributed by atoms with van der Waals surface area (Å²) in [6.07, 6.45) is 1.37. The fourth-order valence-corrected chi connectivity index (χ4v) is 3.76. The highest BCUT2D eigenvalue weighted by molar-refractivity contribution is 6.35. The molecule has 0 fully saturated rings. The Hall–Kier alpha value is -4.66. The molecule has 9 heteroatoms. The van der Waals surface area contributed by atoms with Crippen LogP contribution in [0.25, 0.3) is 0 Å². The first-order valence-electron chi connectivity index (χ1n) is 12.0. The van der Waals surface area contributed by atoms with Crippen LogP contribution in [-0.2, 0) is 20.9 Å². The van der Waals surface area contributed by atoms with E-state index >= 15 is 0 Å². The van der Waals surface area contributed by atoms with Crippen LogP contribution >= 0.6 is 0 Å². The van der Waals surface area contributed by atoms with E-state index in [0.717, 1.165) is 33.5 Å². The maximum atomic E-state index is 12.5. The summed E-state index contributed by atoms with van der Waals surface area (Å²) in [6.45, 7) is 7.90. The highest BCUT2D eigenvalue weighted by Crippen LogP contribution is 2.28. The lowest BCUT2D eigenvalue weighted by atomic mass is 10.1. The SMILES string of the molecule is COc1cc(/C=N\NC(=O)C(=O)NCc2ccc(C)cc2)ccc1OCC(=O)Nc1c(C)cc(C)cc1C. The summed E-state index contributed by atoms with van der Waals surface area (Å²) < 4.78 is 11.0. The first-order valence-corrected chi connectivity index (χ1v) is 12.0. The normalized spacial score (nSPS) is 10.7. The van der Waals surface area contributed by atoms with Gasteiger partial charge in [-0.2, -0.15) is 5.10 Å². The van der Waals surface area contributed by atoms with Gasteiger partial charge in [0.15, 0.2) is 18.1 Å². The van der Waals surface area contributed by atoms with Gasteiger partial charge in [-0.25, -0.2) is 5.43 Å². The van der Waals surface area contributed by atoms with E-state index < -0.39 is 11.8 Å². The minimum atomic E-state index is -0.884. The fourth-order valence-electron chi connectivity index (χ4n) is 3.76. The van der Waals surface area contributed by atoms with Gasteiger partial charge in [0.1, 0.15) is 0 Å². The van der Waals surface area contributed by atoms with Crippen molar-refractivity contribution >= 4 is 29.6 Å². The molecule has 3 rings (SSSR count). The molecule has 0 aliphatic heterocycles. The molecule has 3 aromatic rings. The van der Waals surface area contributed by atoms with Crippen molar-refractivity contribution in [2.75, 3.05) is 19.0 Å². The van der Waals surface area contributed by atoms with Gasteiger partial charge < -0.3 is 20.1 Å². The van der Waals surface area contributed by atoms with Crippen LogP contribution in [0.2, 0.25) is 0 Å². The Morgan fingerprint density at radius 1 is 0.842 bits per heavy atom. The van der Waals surface area contributed by atoms with Gasteiger partial charge in [0.05, 0.1) is 13.3 Å². The Morgan fingerprint density at radius 3 is 2.18 bits per heavy atom. The number of ether oxygens (including phenoxy) is 2. The maximum absolute atomic E-state index is 12.5. The Labute approximate surface area is 222 Å². The van der Waals surface area contributed by atoms with E-state index in [2.05, 4.69) is 21.2 Å². The number of nitrogens with zero attached hydrogens (tertiary/aromatic N) is 1. The standard InChI is InChI=1S/C29H32N4O5/c1-18-6-8-22(9-7-18)15-30-28(35)29(36)33-31-16-23-10-11-24(25(14-23)37-5)38-17-26(34)32-27-20(3)12-19(2)13-21(27)4/h6-14,16H,15,17H2,1-5H3,(H,30,35)(H,32,34)(H,33,36)/b31-16-. The summed E-state index contributed by atoms with van der Waals surface area (Å²) in [6, 6.07) is 16.6. The van der Waals surface area contributed by atoms with E-state index in [0.29, 0.717) is 17.1 Å². The number of hydrazone groups is 1. The van der Waals surface area contributed by atoms with Crippen molar-refractivity contribution < 1.29 is 23.9 Å². The highest BCUT2D eigenvalue weighted by atomic mass is 16.5. The summed E-state index contributed by atoms with van der Waals surface area (Å²) in [5, 5.41) is 9.27. The Morgan fingerprint density at radius 2 is 1.53 bits per heavy atom. The van der Waals surface area contributed by atoms with Crippen LogP contribution < -0.4 is 25.5 Å². The number of amides is 3. The summed E-state index contributed by atoms with van der Waals surface area (Å²) >= 11 is 0. The van der Waals surface area contributed by atoms with Crippen LogP contribution in [0.1, 0.15) is 33.4 Å². The van der Waals surface area contributed by atoms with Crippen molar-refractivity contribution in [3.8, 4) is 11.5 Å². The molecule has 3 aromatic carbocycles. The molecule has 0 atom stereocenters. The molecule has 0 aromatic heterocycles. The molecule has 0 radical (unpaired) electrons. The van der Waals surface area contributed by atoms with Crippen molar-refractivity contribution in [2.45, 2.75) is 34.2 Å². The molecule has 0 saturated carbocycles. The van der Waals surface area contributed by atoms with Gasteiger partial charge in [-0.05, 0) is 68.1 Å². The number of hydrogen-bond acceptors (Lipinski definition) is 6. The van der Waals surface area contributed by atoms with Crippen LogP contribution in [0.4, 0.5) is 5.69 Å². The molecule has 0 bridgehead atoms. The molecule has 38 heavy (non-hydrogen) atoms. The van der Waals surface area contributed by atoms with Crippen molar-refractivity contribution in [3.05, 3.63) is 88.0 Å². The second-order valence-electron chi connectivity index (χ2n) is 8.89. The molecule has 3 N–H and O–H groups in total. The topological polar surface area (TPSA) is 118 Å². The summed E-state index contributed by atoms with van der Waals surface area (Å²) in [4.78, 5) is 36.5. The lowest BCUT2D eigenvalue weighted by molar-refractivity contribution is -0.139. The second kappa shape index (κ2) is 13.0. The number of hydrogen-bond donors (Lipinski definition) is 3. The van der Waals surface area contributed by atoms with Gasteiger partial charge >= 0.3 is 11.8 Å². The number of anilines is 1. The zero-order chi connectivity index (χ0) is 27.7. The van der Waals surface area contributed by atoms with E-state index in [1.54, 1.807) is 18.2 Å². The van der Waals surface area contributed by atoms with E-state index in [1.807, 2.05) is 64.1 Å². The number of aryl methyl sites for hydroxylation is 4. The molecule has 0 unspecified atom stereocenters. The number of rotatable bonds is 9. The van der Waals surface area contributed by atoms with Crippen LogP contribution in [0.15, 0.2) is 59.7 Å². The molecule has 0 aliphatic carbocycles. The Bertz CT molecular complexity index is 1330. The smallest absolute Gasteiger partial charge is 0.329 e. The van der Waals surface area contributed by atoms with E-state index in [-0.39, 0.29) is 19.1 Å². The molecule has 0 spiro atoms. The molecule has 9 nitrogen and oxygen atoms in total. The molecular formula is C29H32N4O5. The maximum Gasteiger partial charge on any atom is 0.329 e.